The van der Waals surface area contributed by atoms with Gasteiger partial charge in [0.1, 0.15) is 0 Å². The lowest BCUT2D eigenvalue weighted by Gasteiger charge is -2.38. The third kappa shape index (κ3) is 5.09. The molecule has 0 radical (unpaired) electrons. The van der Waals surface area contributed by atoms with Crippen LogP contribution < -0.4 is 20.9 Å². The van der Waals surface area contributed by atoms with Gasteiger partial charge < -0.3 is 24.7 Å². The number of benzene rings is 1. The van der Waals surface area contributed by atoms with Gasteiger partial charge in [-0.3, -0.25) is 14.5 Å². The van der Waals surface area contributed by atoms with E-state index in [2.05, 4.69) is 26.6 Å². The molecule has 36 heavy (non-hydrogen) atoms. The van der Waals surface area contributed by atoms with Crippen LogP contribution in [0.5, 0.6) is 5.75 Å². The highest BCUT2D eigenvalue weighted by molar-refractivity contribution is 5.94. The first kappa shape index (κ1) is 23.9. The SMILES string of the molecule is CO[C@@H]1CN(CCn2c(=O)ccc3ccc(C#N)cc32)CC[C@@H]1NCc1ccc2c(n1)NC(=O)CO2. The summed E-state index contributed by atoms with van der Waals surface area (Å²) in [5.74, 6) is 0.827. The molecule has 0 aliphatic carbocycles. The highest BCUT2D eigenvalue weighted by Gasteiger charge is 2.29. The van der Waals surface area contributed by atoms with Crippen molar-refractivity contribution in [1.82, 2.24) is 19.8 Å². The predicted molar refractivity (Wildman–Crippen MR) is 134 cm³/mol. The number of hydrogen-bond acceptors (Lipinski definition) is 8. The Hall–Kier alpha value is -3.78. The van der Waals surface area contributed by atoms with E-state index in [0.29, 0.717) is 36.8 Å². The Morgan fingerprint density at radius 3 is 2.92 bits per heavy atom. The zero-order chi connectivity index (χ0) is 25.1. The monoisotopic (exact) mass is 488 g/mol. The molecule has 1 saturated heterocycles. The molecule has 4 heterocycles. The lowest BCUT2D eigenvalue weighted by atomic mass is 10.0. The number of rotatable bonds is 7. The van der Waals surface area contributed by atoms with E-state index < -0.39 is 0 Å². The van der Waals surface area contributed by atoms with Crippen LogP contribution in [-0.2, 0) is 22.6 Å². The van der Waals surface area contributed by atoms with Crippen molar-refractivity contribution in [2.75, 3.05) is 38.7 Å². The van der Waals surface area contributed by atoms with Gasteiger partial charge in [0.15, 0.2) is 18.2 Å². The van der Waals surface area contributed by atoms with Gasteiger partial charge in [0.25, 0.3) is 11.5 Å². The van der Waals surface area contributed by atoms with Gasteiger partial charge in [0.2, 0.25) is 0 Å². The van der Waals surface area contributed by atoms with Crippen molar-refractivity contribution >= 4 is 22.6 Å². The smallest absolute Gasteiger partial charge is 0.263 e. The maximum absolute atomic E-state index is 12.6. The van der Waals surface area contributed by atoms with Crippen LogP contribution in [-0.4, -0.2) is 65.9 Å². The van der Waals surface area contributed by atoms with Crippen molar-refractivity contribution in [3.05, 3.63) is 64.1 Å². The van der Waals surface area contributed by atoms with Gasteiger partial charge in [-0.25, -0.2) is 4.98 Å². The Labute approximate surface area is 208 Å². The number of amides is 1. The molecular weight excluding hydrogens is 460 g/mol. The third-order valence-electron chi connectivity index (χ3n) is 6.79. The highest BCUT2D eigenvalue weighted by Crippen LogP contribution is 2.25. The van der Waals surface area contributed by atoms with Crippen molar-refractivity contribution in [2.45, 2.75) is 31.7 Å². The van der Waals surface area contributed by atoms with E-state index in [1.165, 1.54) is 0 Å². The number of ether oxygens (including phenoxy) is 2. The quantitative estimate of drug-likeness (QED) is 0.513. The van der Waals surface area contributed by atoms with Crippen LogP contribution in [0.3, 0.4) is 0 Å². The van der Waals surface area contributed by atoms with Crippen LogP contribution in [0.2, 0.25) is 0 Å². The molecule has 5 rings (SSSR count). The fourth-order valence-electron chi connectivity index (χ4n) is 4.82. The molecule has 0 bridgehead atoms. The summed E-state index contributed by atoms with van der Waals surface area (Å²) in [6.45, 7) is 3.39. The lowest BCUT2D eigenvalue weighted by Crippen LogP contribution is -2.53. The summed E-state index contributed by atoms with van der Waals surface area (Å²) >= 11 is 0. The van der Waals surface area contributed by atoms with Gasteiger partial charge in [-0.2, -0.15) is 5.26 Å². The van der Waals surface area contributed by atoms with Gasteiger partial charge in [-0.05, 0) is 48.7 Å². The second-order valence-corrected chi connectivity index (χ2v) is 9.05. The minimum absolute atomic E-state index is 0.0103. The highest BCUT2D eigenvalue weighted by atomic mass is 16.5. The van der Waals surface area contributed by atoms with Crippen LogP contribution in [0, 0.1) is 11.3 Å². The van der Waals surface area contributed by atoms with Gasteiger partial charge in [-0.15, -0.1) is 0 Å². The van der Waals surface area contributed by atoms with E-state index in [4.69, 9.17) is 9.47 Å². The summed E-state index contributed by atoms with van der Waals surface area (Å²) in [7, 11) is 1.71. The molecule has 2 atom stereocenters. The summed E-state index contributed by atoms with van der Waals surface area (Å²) in [5, 5.41) is 16.5. The minimum Gasteiger partial charge on any atom is -0.480 e. The fourth-order valence-corrected chi connectivity index (χ4v) is 4.82. The van der Waals surface area contributed by atoms with E-state index >= 15 is 0 Å². The van der Waals surface area contributed by atoms with E-state index in [0.717, 1.165) is 36.1 Å². The van der Waals surface area contributed by atoms with Crippen molar-refractivity contribution in [2.24, 2.45) is 0 Å². The van der Waals surface area contributed by atoms with Crippen LogP contribution in [0.15, 0.2) is 47.3 Å². The topological polar surface area (TPSA) is 122 Å². The number of aromatic nitrogens is 2. The third-order valence-corrected chi connectivity index (χ3v) is 6.79. The fraction of sp³-hybridized carbons (Fsp3) is 0.385. The minimum atomic E-state index is -0.205. The first-order chi connectivity index (χ1) is 17.5. The summed E-state index contributed by atoms with van der Waals surface area (Å²) in [4.78, 5) is 31.0. The Morgan fingerprint density at radius 2 is 2.08 bits per heavy atom. The van der Waals surface area contributed by atoms with Gasteiger partial charge in [0, 0.05) is 45.4 Å². The van der Waals surface area contributed by atoms with Crippen molar-refractivity contribution < 1.29 is 14.3 Å². The molecule has 3 aromatic rings. The molecule has 2 aromatic heterocycles. The lowest BCUT2D eigenvalue weighted by molar-refractivity contribution is -0.118. The zero-order valence-electron chi connectivity index (χ0n) is 20.1. The number of methoxy groups -OCH3 is 1. The molecule has 2 aliphatic rings. The number of hydrogen-bond donors (Lipinski definition) is 2. The molecule has 186 valence electrons. The normalized spacial score (nSPS) is 19.8. The molecule has 0 unspecified atom stereocenters. The Bertz CT molecular complexity index is 1380. The maximum Gasteiger partial charge on any atom is 0.263 e. The van der Waals surface area contributed by atoms with Crippen LogP contribution in [0.1, 0.15) is 17.7 Å². The number of carbonyl (C=O) groups is 1. The van der Waals surface area contributed by atoms with E-state index in [-0.39, 0.29) is 30.2 Å². The van der Waals surface area contributed by atoms with Crippen LogP contribution in [0.4, 0.5) is 5.82 Å². The number of anilines is 1. The van der Waals surface area contributed by atoms with Gasteiger partial charge >= 0.3 is 0 Å². The number of pyridine rings is 2. The summed E-state index contributed by atoms with van der Waals surface area (Å²) in [5.41, 5.74) is 2.05. The molecule has 0 spiro atoms. The second-order valence-electron chi connectivity index (χ2n) is 9.05. The molecule has 1 amide bonds. The van der Waals surface area contributed by atoms with Crippen LogP contribution >= 0.6 is 0 Å². The number of carbonyl (C=O) groups excluding carboxylic acids is 1. The average molecular weight is 489 g/mol. The molecule has 2 N–H and O–H groups in total. The summed E-state index contributed by atoms with van der Waals surface area (Å²) in [6, 6.07) is 14.8. The van der Waals surface area contributed by atoms with E-state index in [1.807, 2.05) is 18.2 Å². The Kier molecular flexibility index (Phi) is 6.95. The number of nitrogens with zero attached hydrogens (tertiary/aromatic N) is 4. The van der Waals surface area contributed by atoms with E-state index in [1.54, 1.807) is 35.9 Å². The molecule has 2 aliphatic heterocycles. The number of fused-ring (bicyclic) bond motifs is 2. The summed E-state index contributed by atoms with van der Waals surface area (Å²) < 4.78 is 12.9. The van der Waals surface area contributed by atoms with E-state index in [9.17, 15) is 14.9 Å². The van der Waals surface area contributed by atoms with Gasteiger partial charge in [-0.1, -0.05) is 6.07 Å². The average Bonchev–Trinajstić information content (AvgIpc) is 2.90. The number of nitriles is 1. The Balaban J connectivity index is 1.20. The maximum atomic E-state index is 12.6. The second kappa shape index (κ2) is 10.5. The Morgan fingerprint density at radius 1 is 1.22 bits per heavy atom. The summed E-state index contributed by atoms with van der Waals surface area (Å²) in [6.07, 6.45) is 0.862. The van der Waals surface area contributed by atoms with Crippen molar-refractivity contribution in [1.29, 1.82) is 5.26 Å². The standard InChI is InChI=1S/C26H28N6O4/c1-35-23-15-31(10-11-32-21-12-17(13-27)2-3-18(21)4-7-25(32)34)9-8-20(23)28-14-19-5-6-22-26(29-19)30-24(33)16-36-22/h2-7,12,20,23,28H,8-11,14-16H2,1H3,(H,29,30,33)/t20-,23+/m0/s1. The van der Waals surface area contributed by atoms with Crippen LogP contribution in [0.25, 0.3) is 10.9 Å². The first-order valence-electron chi connectivity index (χ1n) is 12.0. The van der Waals surface area contributed by atoms with Gasteiger partial charge in [0.05, 0.1) is 28.9 Å². The number of piperidine rings is 1. The molecule has 10 heteroatoms. The molecular formula is C26H28N6O4. The zero-order valence-corrected chi connectivity index (χ0v) is 20.1. The first-order valence-corrected chi connectivity index (χ1v) is 12.0. The molecule has 1 aromatic carbocycles. The number of nitrogens with one attached hydrogen (secondary N) is 2. The number of likely N-dealkylation sites (tertiary alicyclic amines) is 1. The molecule has 10 nitrogen and oxygen atoms in total. The molecule has 0 saturated carbocycles. The molecule has 1 fully saturated rings. The van der Waals surface area contributed by atoms with Crippen molar-refractivity contribution in [3.8, 4) is 11.8 Å². The largest absolute Gasteiger partial charge is 0.480 e. The predicted octanol–water partition coefficient (Wildman–Crippen LogP) is 1.48. The van der Waals surface area contributed by atoms with Crippen molar-refractivity contribution in [3.63, 3.8) is 0 Å².